The highest BCUT2D eigenvalue weighted by Gasteiger charge is 2.30. The molecule has 1 N–H and O–H groups in total. The zero-order valence-corrected chi connectivity index (χ0v) is 17.3. The molecule has 1 aliphatic rings. The lowest BCUT2D eigenvalue weighted by Crippen LogP contribution is -2.51. The van der Waals surface area contributed by atoms with Gasteiger partial charge in [-0.1, -0.05) is 53.2 Å². The Labute approximate surface area is 175 Å². The number of urea groups is 1. The van der Waals surface area contributed by atoms with Crippen LogP contribution in [0.4, 0.5) is 10.6 Å². The molecular formula is C21H22N4O4S. The van der Waals surface area contributed by atoms with Crippen LogP contribution in [0.3, 0.4) is 0 Å². The Morgan fingerprint density at radius 3 is 2.33 bits per heavy atom. The van der Waals surface area contributed by atoms with Gasteiger partial charge in [-0.05, 0) is 19.1 Å². The molecule has 0 atom stereocenters. The second-order valence-corrected chi connectivity index (χ2v) is 9.01. The molecule has 0 saturated carbocycles. The van der Waals surface area contributed by atoms with Gasteiger partial charge in [-0.15, -0.1) is 0 Å². The Morgan fingerprint density at radius 2 is 1.67 bits per heavy atom. The van der Waals surface area contributed by atoms with Crippen molar-refractivity contribution in [2.24, 2.45) is 0 Å². The van der Waals surface area contributed by atoms with Crippen molar-refractivity contribution in [1.82, 2.24) is 14.4 Å². The number of rotatable bonds is 4. The van der Waals surface area contributed by atoms with Gasteiger partial charge < -0.3 is 9.42 Å². The summed E-state index contributed by atoms with van der Waals surface area (Å²) in [7, 11) is -3.57. The number of carbonyl (C=O) groups is 1. The maximum Gasteiger partial charge on any atom is 0.323 e. The van der Waals surface area contributed by atoms with Gasteiger partial charge in [0.25, 0.3) is 0 Å². The van der Waals surface area contributed by atoms with Crippen molar-refractivity contribution in [1.29, 1.82) is 0 Å². The van der Waals surface area contributed by atoms with E-state index in [4.69, 9.17) is 4.52 Å². The maximum atomic E-state index is 12.8. The molecule has 8 nitrogen and oxygen atoms in total. The number of anilines is 1. The van der Waals surface area contributed by atoms with Crippen LogP contribution >= 0.6 is 0 Å². The second kappa shape index (κ2) is 8.29. The first kappa shape index (κ1) is 20.1. The van der Waals surface area contributed by atoms with E-state index in [0.29, 0.717) is 24.7 Å². The smallest absolute Gasteiger partial charge is 0.323 e. The lowest BCUT2D eigenvalue weighted by molar-refractivity contribution is 0.184. The number of nitrogens with one attached hydrogen (secondary N) is 1. The number of sulfonamides is 1. The van der Waals surface area contributed by atoms with E-state index in [-0.39, 0.29) is 24.0 Å². The number of nitrogens with zero attached hydrogens (tertiary/aromatic N) is 3. The average Bonchev–Trinajstić information content (AvgIpc) is 3.23. The number of aromatic nitrogens is 1. The first-order chi connectivity index (χ1) is 14.4. The molecule has 1 saturated heterocycles. The molecule has 1 aromatic heterocycles. The van der Waals surface area contributed by atoms with Gasteiger partial charge in [-0.25, -0.2) is 13.2 Å². The number of benzene rings is 2. The topological polar surface area (TPSA) is 95.8 Å². The van der Waals surface area contributed by atoms with Crippen molar-refractivity contribution in [3.63, 3.8) is 0 Å². The van der Waals surface area contributed by atoms with Crippen LogP contribution in [0.2, 0.25) is 0 Å². The molecule has 2 heterocycles. The van der Waals surface area contributed by atoms with E-state index in [1.807, 2.05) is 37.3 Å². The van der Waals surface area contributed by atoms with Crippen LogP contribution in [0.5, 0.6) is 0 Å². The molecular weight excluding hydrogens is 404 g/mol. The molecule has 2 amide bonds. The molecule has 0 unspecified atom stereocenters. The molecule has 9 heteroatoms. The highest BCUT2D eigenvalue weighted by atomic mass is 32.2. The Kier molecular flexibility index (Phi) is 5.56. The Morgan fingerprint density at radius 1 is 1.00 bits per heavy atom. The third kappa shape index (κ3) is 4.22. The van der Waals surface area contributed by atoms with Gasteiger partial charge in [0.2, 0.25) is 10.0 Å². The minimum Gasteiger partial charge on any atom is -0.354 e. The number of hydrogen-bond acceptors (Lipinski definition) is 5. The normalized spacial score (nSPS) is 15.2. The van der Waals surface area contributed by atoms with E-state index in [0.717, 1.165) is 11.1 Å². The van der Waals surface area contributed by atoms with Crippen LogP contribution in [0.25, 0.3) is 11.3 Å². The van der Waals surface area contributed by atoms with Gasteiger partial charge in [-0.3, -0.25) is 5.32 Å². The first-order valence-electron chi connectivity index (χ1n) is 9.58. The van der Waals surface area contributed by atoms with Crippen LogP contribution in [-0.4, -0.2) is 55.0 Å². The average molecular weight is 426 g/mol. The maximum absolute atomic E-state index is 12.8. The number of hydrogen-bond donors (Lipinski definition) is 1. The summed E-state index contributed by atoms with van der Waals surface area (Å²) in [6, 6.07) is 17.6. The zero-order valence-electron chi connectivity index (χ0n) is 16.5. The SMILES string of the molecule is Cc1ccc(S(=O)(=O)N2CCN(C(=O)Nc3cc(-c4ccccc4)on3)CC2)cc1. The monoisotopic (exact) mass is 426 g/mol. The minimum atomic E-state index is -3.57. The third-order valence-electron chi connectivity index (χ3n) is 4.99. The minimum absolute atomic E-state index is 0.234. The van der Waals surface area contributed by atoms with Gasteiger partial charge in [0.05, 0.1) is 4.90 Å². The molecule has 30 heavy (non-hydrogen) atoms. The van der Waals surface area contributed by atoms with Gasteiger partial charge >= 0.3 is 6.03 Å². The molecule has 1 fully saturated rings. The van der Waals surface area contributed by atoms with E-state index in [2.05, 4.69) is 10.5 Å². The number of amides is 2. The number of aryl methyl sites for hydroxylation is 1. The molecule has 1 aliphatic heterocycles. The summed E-state index contributed by atoms with van der Waals surface area (Å²) < 4.78 is 32.3. The summed E-state index contributed by atoms with van der Waals surface area (Å²) in [5, 5.41) is 6.60. The second-order valence-electron chi connectivity index (χ2n) is 7.08. The van der Waals surface area contributed by atoms with Crippen LogP contribution in [0.15, 0.2) is 70.1 Å². The van der Waals surface area contributed by atoms with Gasteiger partial charge in [-0.2, -0.15) is 4.31 Å². The standard InChI is InChI=1S/C21H22N4O4S/c1-16-7-9-18(10-8-16)30(27,28)25-13-11-24(12-14-25)21(26)22-20-15-19(29-23-20)17-5-3-2-4-6-17/h2-10,15H,11-14H2,1H3,(H,22,23,26). The summed E-state index contributed by atoms with van der Waals surface area (Å²) in [6.07, 6.45) is 0. The quantitative estimate of drug-likeness (QED) is 0.691. The Hall–Kier alpha value is -3.17. The largest absolute Gasteiger partial charge is 0.354 e. The van der Waals surface area contributed by atoms with Crippen molar-refractivity contribution < 1.29 is 17.7 Å². The molecule has 156 valence electrons. The van der Waals surface area contributed by atoms with Crippen molar-refractivity contribution in [2.75, 3.05) is 31.5 Å². The predicted molar refractivity (Wildman–Crippen MR) is 112 cm³/mol. The summed E-state index contributed by atoms with van der Waals surface area (Å²) >= 11 is 0. The fourth-order valence-corrected chi connectivity index (χ4v) is 4.67. The highest BCUT2D eigenvalue weighted by Crippen LogP contribution is 2.23. The van der Waals surface area contributed by atoms with Crippen molar-refractivity contribution >= 4 is 21.9 Å². The van der Waals surface area contributed by atoms with E-state index >= 15 is 0 Å². The summed E-state index contributed by atoms with van der Waals surface area (Å²) in [6.45, 7) is 2.96. The molecule has 0 bridgehead atoms. The summed E-state index contributed by atoms with van der Waals surface area (Å²) in [5.74, 6) is 0.869. The number of piperazine rings is 1. The predicted octanol–water partition coefficient (Wildman–Crippen LogP) is 3.19. The highest BCUT2D eigenvalue weighted by molar-refractivity contribution is 7.89. The van der Waals surface area contributed by atoms with Gasteiger partial charge in [0, 0.05) is 37.8 Å². The third-order valence-corrected chi connectivity index (χ3v) is 6.90. The van der Waals surface area contributed by atoms with E-state index in [1.165, 1.54) is 4.31 Å². The molecule has 3 aromatic rings. The Balaban J connectivity index is 1.36. The van der Waals surface area contributed by atoms with E-state index in [9.17, 15) is 13.2 Å². The van der Waals surface area contributed by atoms with E-state index in [1.54, 1.807) is 35.2 Å². The van der Waals surface area contributed by atoms with Crippen molar-refractivity contribution in [2.45, 2.75) is 11.8 Å². The molecule has 0 aliphatic carbocycles. The van der Waals surface area contributed by atoms with Crippen LogP contribution in [0.1, 0.15) is 5.56 Å². The Bertz CT molecular complexity index is 1120. The molecule has 0 radical (unpaired) electrons. The summed E-state index contributed by atoms with van der Waals surface area (Å²) in [4.78, 5) is 14.4. The fourth-order valence-electron chi connectivity index (χ4n) is 3.25. The van der Waals surface area contributed by atoms with Crippen molar-refractivity contribution in [3.05, 3.63) is 66.2 Å². The van der Waals surface area contributed by atoms with Gasteiger partial charge in [0.15, 0.2) is 11.6 Å². The number of carbonyl (C=O) groups excluding carboxylic acids is 1. The van der Waals surface area contributed by atoms with Crippen LogP contribution in [0, 0.1) is 6.92 Å². The zero-order chi connectivity index (χ0) is 21.1. The molecule has 0 spiro atoms. The van der Waals surface area contributed by atoms with Crippen molar-refractivity contribution in [3.8, 4) is 11.3 Å². The lowest BCUT2D eigenvalue weighted by atomic mass is 10.2. The molecule has 4 rings (SSSR count). The first-order valence-corrected chi connectivity index (χ1v) is 11.0. The fraction of sp³-hybridized carbons (Fsp3) is 0.238. The van der Waals surface area contributed by atoms with E-state index < -0.39 is 10.0 Å². The lowest BCUT2D eigenvalue weighted by Gasteiger charge is -2.33. The van der Waals surface area contributed by atoms with Gasteiger partial charge in [0.1, 0.15) is 0 Å². The van der Waals surface area contributed by atoms with Crippen LogP contribution < -0.4 is 5.32 Å². The van der Waals surface area contributed by atoms with Crippen LogP contribution in [-0.2, 0) is 10.0 Å². The molecule has 2 aromatic carbocycles. The summed E-state index contributed by atoms with van der Waals surface area (Å²) in [5.41, 5.74) is 1.86.